The summed E-state index contributed by atoms with van der Waals surface area (Å²) in [6.45, 7) is 6.97. The van der Waals surface area contributed by atoms with Crippen LogP contribution in [0.4, 0.5) is 0 Å². The molecule has 1 aromatic heterocycles. The minimum absolute atomic E-state index is 0.862. The Morgan fingerprint density at radius 3 is 2.94 bits per heavy atom. The lowest BCUT2D eigenvalue weighted by atomic mass is 10.1. The maximum Gasteiger partial charge on any atom is 0.0594 e. The predicted octanol–water partition coefficient (Wildman–Crippen LogP) is 2.31. The molecule has 3 rings (SSSR count). The molecular formula is C14H18N2O. The van der Waals surface area contributed by atoms with Crippen LogP contribution in [0.1, 0.15) is 11.1 Å². The Hall–Kier alpha value is -1.32. The van der Waals surface area contributed by atoms with Crippen molar-refractivity contribution in [2.45, 2.75) is 13.5 Å². The van der Waals surface area contributed by atoms with E-state index in [9.17, 15) is 0 Å². The number of nitrogens with one attached hydrogen (secondary N) is 1. The molecule has 0 spiro atoms. The SMILES string of the molecule is Cc1ccc2[nH]cc(CN3CCOCC3)c2c1. The number of H-pyrrole nitrogens is 1. The van der Waals surface area contributed by atoms with Gasteiger partial charge in [0.15, 0.2) is 0 Å². The Balaban J connectivity index is 1.86. The number of aromatic nitrogens is 1. The highest BCUT2D eigenvalue weighted by atomic mass is 16.5. The molecule has 0 radical (unpaired) electrons. The number of hydrogen-bond donors (Lipinski definition) is 1. The second-order valence-corrected chi connectivity index (χ2v) is 4.75. The third-order valence-corrected chi connectivity index (χ3v) is 3.42. The molecule has 0 atom stereocenters. The lowest BCUT2D eigenvalue weighted by molar-refractivity contribution is 0.0343. The van der Waals surface area contributed by atoms with Crippen molar-refractivity contribution in [3.8, 4) is 0 Å². The van der Waals surface area contributed by atoms with E-state index in [1.807, 2.05) is 0 Å². The van der Waals surface area contributed by atoms with E-state index in [0.717, 1.165) is 32.8 Å². The average Bonchev–Trinajstić information content (AvgIpc) is 2.73. The van der Waals surface area contributed by atoms with Crippen LogP contribution in [0.25, 0.3) is 10.9 Å². The molecular weight excluding hydrogens is 212 g/mol. The zero-order valence-electron chi connectivity index (χ0n) is 10.2. The van der Waals surface area contributed by atoms with Gasteiger partial charge in [0.2, 0.25) is 0 Å². The van der Waals surface area contributed by atoms with E-state index < -0.39 is 0 Å². The fourth-order valence-electron chi connectivity index (χ4n) is 2.42. The zero-order valence-corrected chi connectivity index (χ0v) is 10.2. The fourth-order valence-corrected chi connectivity index (χ4v) is 2.42. The molecule has 1 aliphatic rings. The Bertz CT molecular complexity index is 512. The molecule has 1 N–H and O–H groups in total. The summed E-state index contributed by atoms with van der Waals surface area (Å²) >= 11 is 0. The van der Waals surface area contributed by atoms with Gasteiger partial charge in [-0.25, -0.2) is 0 Å². The Morgan fingerprint density at radius 2 is 2.12 bits per heavy atom. The summed E-state index contributed by atoms with van der Waals surface area (Å²) in [4.78, 5) is 5.80. The highest BCUT2D eigenvalue weighted by molar-refractivity contribution is 5.83. The minimum atomic E-state index is 0.862. The molecule has 0 unspecified atom stereocenters. The lowest BCUT2D eigenvalue weighted by Crippen LogP contribution is -2.35. The van der Waals surface area contributed by atoms with Crippen molar-refractivity contribution in [3.63, 3.8) is 0 Å². The van der Waals surface area contributed by atoms with Gasteiger partial charge in [-0.1, -0.05) is 11.6 Å². The largest absolute Gasteiger partial charge is 0.379 e. The van der Waals surface area contributed by atoms with E-state index in [1.165, 1.54) is 22.0 Å². The maximum atomic E-state index is 5.38. The number of aryl methyl sites for hydroxylation is 1. The van der Waals surface area contributed by atoms with Gasteiger partial charge in [0.05, 0.1) is 13.2 Å². The quantitative estimate of drug-likeness (QED) is 0.857. The van der Waals surface area contributed by atoms with Crippen molar-refractivity contribution in [2.75, 3.05) is 26.3 Å². The van der Waals surface area contributed by atoms with E-state index in [-0.39, 0.29) is 0 Å². The van der Waals surface area contributed by atoms with E-state index in [4.69, 9.17) is 4.74 Å². The average molecular weight is 230 g/mol. The molecule has 0 amide bonds. The van der Waals surface area contributed by atoms with Crippen molar-refractivity contribution in [1.29, 1.82) is 0 Å². The summed E-state index contributed by atoms with van der Waals surface area (Å²) < 4.78 is 5.38. The van der Waals surface area contributed by atoms with E-state index in [2.05, 4.69) is 41.2 Å². The van der Waals surface area contributed by atoms with Crippen LogP contribution in [0.15, 0.2) is 24.4 Å². The second-order valence-electron chi connectivity index (χ2n) is 4.75. The summed E-state index contributed by atoms with van der Waals surface area (Å²) in [5.74, 6) is 0. The molecule has 1 saturated heterocycles. The zero-order chi connectivity index (χ0) is 11.7. The summed E-state index contributed by atoms with van der Waals surface area (Å²) in [5, 5.41) is 1.36. The minimum Gasteiger partial charge on any atom is -0.379 e. The molecule has 2 heterocycles. The van der Waals surface area contributed by atoms with Gasteiger partial charge in [0, 0.05) is 36.7 Å². The van der Waals surface area contributed by atoms with Gasteiger partial charge in [-0.2, -0.15) is 0 Å². The monoisotopic (exact) mass is 230 g/mol. The standard InChI is InChI=1S/C14H18N2O/c1-11-2-3-14-13(8-11)12(9-15-14)10-16-4-6-17-7-5-16/h2-3,8-9,15H,4-7,10H2,1H3. The Morgan fingerprint density at radius 1 is 1.29 bits per heavy atom. The van der Waals surface area contributed by atoms with Crippen LogP contribution in [-0.2, 0) is 11.3 Å². The van der Waals surface area contributed by atoms with Gasteiger partial charge in [-0.15, -0.1) is 0 Å². The first-order valence-electron chi connectivity index (χ1n) is 6.19. The molecule has 3 nitrogen and oxygen atoms in total. The molecule has 1 fully saturated rings. The van der Waals surface area contributed by atoms with Crippen LogP contribution < -0.4 is 0 Å². The van der Waals surface area contributed by atoms with Crippen molar-refractivity contribution >= 4 is 10.9 Å². The molecule has 3 heteroatoms. The van der Waals surface area contributed by atoms with Crippen LogP contribution >= 0.6 is 0 Å². The molecule has 90 valence electrons. The number of benzene rings is 1. The first-order valence-corrected chi connectivity index (χ1v) is 6.19. The molecule has 2 aromatic rings. The first-order chi connectivity index (χ1) is 8.33. The van der Waals surface area contributed by atoms with Crippen LogP contribution in [-0.4, -0.2) is 36.2 Å². The van der Waals surface area contributed by atoms with Gasteiger partial charge in [0.25, 0.3) is 0 Å². The summed E-state index contributed by atoms with van der Waals surface area (Å²) in [6, 6.07) is 6.58. The van der Waals surface area contributed by atoms with Crippen molar-refractivity contribution in [3.05, 3.63) is 35.5 Å². The number of ether oxygens (including phenoxy) is 1. The Kier molecular flexibility index (Phi) is 2.87. The summed E-state index contributed by atoms with van der Waals surface area (Å²) in [7, 11) is 0. The smallest absolute Gasteiger partial charge is 0.0594 e. The summed E-state index contributed by atoms with van der Waals surface area (Å²) in [5.41, 5.74) is 3.95. The molecule has 0 aliphatic carbocycles. The Labute approximate surface area is 101 Å². The highest BCUT2D eigenvalue weighted by Gasteiger charge is 2.12. The second kappa shape index (κ2) is 4.51. The van der Waals surface area contributed by atoms with E-state index in [0.29, 0.717) is 0 Å². The van der Waals surface area contributed by atoms with Crippen LogP contribution in [0.5, 0.6) is 0 Å². The summed E-state index contributed by atoms with van der Waals surface area (Å²) in [6.07, 6.45) is 2.14. The molecule has 17 heavy (non-hydrogen) atoms. The number of aromatic amines is 1. The lowest BCUT2D eigenvalue weighted by Gasteiger charge is -2.26. The molecule has 1 aromatic carbocycles. The van der Waals surface area contributed by atoms with Crippen molar-refractivity contribution in [2.24, 2.45) is 0 Å². The van der Waals surface area contributed by atoms with Gasteiger partial charge in [0.1, 0.15) is 0 Å². The van der Waals surface area contributed by atoms with Crippen LogP contribution in [0, 0.1) is 6.92 Å². The topological polar surface area (TPSA) is 28.3 Å². The van der Waals surface area contributed by atoms with Gasteiger partial charge >= 0.3 is 0 Å². The molecule has 0 saturated carbocycles. The normalized spacial score (nSPS) is 17.7. The maximum absolute atomic E-state index is 5.38. The molecule has 0 bridgehead atoms. The fraction of sp³-hybridized carbons (Fsp3) is 0.429. The van der Waals surface area contributed by atoms with Crippen LogP contribution in [0.3, 0.4) is 0 Å². The van der Waals surface area contributed by atoms with Gasteiger partial charge in [-0.05, 0) is 24.6 Å². The predicted molar refractivity (Wildman–Crippen MR) is 69.1 cm³/mol. The van der Waals surface area contributed by atoms with Gasteiger partial charge in [-0.3, -0.25) is 4.90 Å². The number of morpholine rings is 1. The number of rotatable bonds is 2. The first kappa shape index (κ1) is 10.8. The third kappa shape index (κ3) is 2.21. The number of fused-ring (bicyclic) bond motifs is 1. The van der Waals surface area contributed by atoms with Crippen molar-refractivity contribution < 1.29 is 4.74 Å². The third-order valence-electron chi connectivity index (χ3n) is 3.42. The van der Waals surface area contributed by atoms with Crippen LogP contribution in [0.2, 0.25) is 0 Å². The van der Waals surface area contributed by atoms with Crippen molar-refractivity contribution in [1.82, 2.24) is 9.88 Å². The van der Waals surface area contributed by atoms with E-state index in [1.54, 1.807) is 0 Å². The van der Waals surface area contributed by atoms with E-state index >= 15 is 0 Å². The number of nitrogens with zero attached hydrogens (tertiary/aromatic N) is 1. The number of hydrogen-bond acceptors (Lipinski definition) is 2. The van der Waals surface area contributed by atoms with Gasteiger partial charge < -0.3 is 9.72 Å². The molecule has 1 aliphatic heterocycles. The highest BCUT2D eigenvalue weighted by Crippen LogP contribution is 2.21.